The fourth-order valence-electron chi connectivity index (χ4n) is 5.07. The van der Waals surface area contributed by atoms with E-state index in [-0.39, 0.29) is 42.5 Å². The van der Waals surface area contributed by atoms with Crippen LogP contribution in [0.3, 0.4) is 0 Å². The molecular weight excluding hydrogens is 471 g/mol. The van der Waals surface area contributed by atoms with Gasteiger partial charge in [-0.25, -0.2) is 4.57 Å². The second-order valence-electron chi connectivity index (χ2n) is 8.15. The minimum absolute atomic E-state index is 0.0893. The van der Waals surface area contributed by atoms with E-state index in [1.165, 1.54) is 21.3 Å². The highest BCUT2D eigenvalue weighted by Gasteiger charge is 2.50. The van der Waals surface area contributed by atoms with Crippen molar-refractivity contribution < 1.29 is 52.1 Å². The number of hydrogen-bond donors (Lipinski definition) is 2. The van der Waals surface area contributed by atoms with Crippen LogP contribution in [-0.4, -0.2) is 50.5 Å². The predicted molar refractivity (Wildman–Crippen MR) is 115 cm³/mol. The fourth-order valence-corrected chi connectivity index (χ4v) is 5.50. The summed E-state index contributed by atoms with van der Waals surface area (Å²) < 4.78 is 49.7. The van der Waals surface area contributed by atoms with Gasteiger partial charge >= 0.3 is 13.8 Å². The van der Waals surface area contributed by atoms with E-state index in [9.17, 15) is 19.1 Å². The largest absolute Gasteiger partial charge is 0.524 e. The molecule has 0 aromatic heterocycles. The zero-order valence-electron chi connectivity index (χ0n) is 18.6. The molecule has 1 saturated heterocycles. The first-order valence-corrected chi connectivity index (χ1v) is 12.0. The van der Waals surface area contributed by atoms with E-state index in [1.807, 2.05) is 0 Å². The van der Waals surface area contributed by atoms with Gasteiger partial charge in [0.2, 0.25) is 18.3 Å². The average molecular weight is 494 g/mol. The topological polar surface area (TPSA) is 139 Å². The molecule has 0 amide bonds. The van der Waals surface area contributed by atoms with E-state index < -0.39 is 19.7 Å². The van der Waals surface area contributed by atoms with E-state index in [1.54, 1.807) is 18.2 Å². The number of ether oxygens (including phenoxy) is 6. The van der Waals surface area contributed by atoms with E-state index in [2.05, 4.69) is 0 Å². The maximum atomic E-state index is 12.9. The predicted octanol–water partition coefficient (Wildman–Crippen LogP) is 2.39. The number of rotatable bonds is 6. The van der Waals surface area contributed by atoms with Crippen molar-refractivity contribution in [2.75, 3.05) is 34.7 Å². The van der Waals surface area contributed by atoms with Gasteiger partial charge < -0.3 is 32.9 Å². The normalized spacial score (nSPS) is 22.5. The van der Waals surface area contributed by atoms with Crippen LogP contribution in [0.5, 0.6) is 34.5 Å². The Hall–Kier alpha value is -3.14. The molecule has 2 aliphatic heterocycles. The summed E-state index contributed by atoms with van der Waals surface area (Å²) in [7, 11) is -0.446. The van der Waals surface area contributed by atoms with Gasteiger partial charge in [-0.05, 0) is 35.7 Å². The van der Waals surface area contributed by atoms with Crippen LogP contribution in [0.25, 0.3) is 0 Å². The lowest BCUT2D eigenvalue weighted by atomic mass is 9.67. The van der Waals surface area contributed by atoms with Gasteiger partial charge in [-0.15, -0.1) is 0 Å². The quantitative estimate of drug-likeness (QED) is 0.452. The summed E-state index contributed by atoms with van der Waals surface area (Å²) in [5, 5.41) is 0. The van der Waals surface area contributed by atoms with Crippen LogP contribution in [0.4, 0.5) is 0 Å². The van der Waals surface area contributed by atoms with Crippen molar-refractivity contribution in [3.05, 3.63) is 34.9 Å². The van der Waals surface area contributed by atoms with Crippen LogP contribution >= 0.6 is 7.82 Å². The van der Waals surface area contributed by atoms with Gasteiger partial charge in [0.15, 0.2) is 23.0 Å². The van der Waals surface area contributed by atoms with Crippen LogP contribution in [0.15, 0.2) is 18.2 Å². The first kappa shape index (κ1) is 22.6. The van der Waals surface area contributed by atoms with Crippen LogP contribution in [0.1, 0.15) is 22.6 Å². The summed E-state index contributed by atoms with van der Waals surface area (Å²) >= 11 is 0. The van der Waals surface area contributed by atoms with E-state index in [0.717, 1.165) is 0 Å². The average Bonchev–Trinajstić information content (AvgIpc) is 3.42. The molecule has 3 atom stereocenters. The van der Waals surface area contributed by atoms with E-state index in [4.69, 9.17) is 32.9 Å². The van der Waals surface area contributed by atoms with Gasteiger partial charge in [-0.2, -0.15) is 0 Å². The van der Waals surface area contributed by atoms with Crippen LogP contribution < -0.4 is 28.2 Å². The zero-order valence-corrected chi connectivity index (χ0v) is 19.5. The number of phosphoric ester groups is 1. The van der Waals surface area contributed by atoms with E-state index >= 15 is 0 Å². The van der Waals surface area contributed by atoms with Crippen LogP contribution in [0.2, 0.25) is 0 Å². The monoisotopic (exact) mass is 494 g/mol. The molecule has 0 saturated carbocycles. The van der Waals surface area contributed by atoms with Crippen LogP contribution in [-0.2, 0) is 20.5 Å². The minimum atomic E-state index is -4.92. The van der Waals surface area contributed by atoms with Crippen molar-refractivity contribution in [2.24, 2.45) is 11.8 Å². The smallest absolute Gasteiger partial charge is 0.493 e. The molecule has 12 heteroatoms. The lowest BCUT2D eigenvalue weighted by Gasteiger charge is -2.35. The third-order valence-corrected chi connectivity index (χ3v) is 6.81. The van der Waals surface area contributed by atoms with Gasteiger partial charge in [-0.3, -0.25) is 14.6 Å². The van der Waals surface area contributed by atoms with Gasteiger partial charge in [-0.1, -0.05) is 0 Å². The van der Waals surface area contributed by atoms with Crippen molar-refractivity contribution >= 4 is 13.8 Å². The number of esters is 1. The summed E-state index contributed by atoms with van der Waals surface area (Å²) in [5.41, 5.74) is 1.80. The Balaban J connectivity index is 1.77. The van der Waals surface area contributed by atoms with Crippen LogP contribution in [0, 0.1) is 11.8 Å². The molecule has 0 spiro atoms. The summed E-state index contributed by atoms with van der Waals surface area (Å²) in [6, 6.07) is 5.22. The Kier molecular flexibility index (Phi) is 5.50. The number of benzene rings is 2. The molecule has 0 radical (unpaired) electrons. The number of carbonyl (C=O) groups excluding carboxylic acids is 1. The molecule has 2 aromatic rings. The highest BCUT2D eigenvalue weighted by atomic mass is 31.2. The van der Waals surface area contributed by atoms with Gasteiger partial charge in [0.25, 0.3) is 0 Å². The van der Waals surface area contributed by atoms with Gasteiger partial charge in [0, 0.05) is 17.4 Å². The van der Waals surface area contributed by atoms with Crippen molar-refractivity contribution in [1.82, 2.24) is 0 Å². The summed E-state index contributed by atoms with van der Waals surface area (Å²) in [5.74, 6) is -0.213. The molecule has 0 bridgehead atoms. The lowest BCUT2D eigenvalue weighted by Crippen LogP contribution is -2.32. The van der Waals surface area contributed by atoms with Crippen molar-refractivity contribution in [3.63, 3.8) is 0 Å². The Labute approximate surface area is 194 Å². The molecule has 2 heterocycles. The maximum absolute atomic E-state index is 12.9. The SMILES string of the molecule is COc1cc([C@@H]2c3cc4c(c(OP(=O)(O)O)c3CC3COC(=O)C32)OCO4)cc(OC)c1OC. The first-order valence-electron chi connectivity index (χ1n) is 10.4. The number of hydrogen-bond acceptors (Lipinski definition) is 9. The molecule has 11 nitrogen and oxygen atoms in total. The zero-order chi connectivity index (χ0) is 24.2. The summed E-state index contributed by atoms with van der Waals surface area (Å²) in [6.07, 6.45) is 0.304. The van der Waals surface area contributed by atoms with Crippen molar-refractivity contribution in [2.45, 2.75) is 12.3 Å². The second-order valence-corrected chi connectivity index (χ2v) is 9.31. The third-order valence-electron chi connectivity index (χ3n) is 6.39. The van der Waals surface area contributed by atoms with Gasteiger partial charge in [0.05, 0.1) is 33.9 Å². The molecule has 2 N–H and O–H groups in total. The highest BCUT2D eigenvalue weighted by Crippen LogP contribution is 2.58. The molecule has 182 valence electrons. The Morgan fingerprint density at radius 1 is 0.971 bits per heavy atom. The molecule has 2 unspecified atom stereocenters. The molecular formula is C22H23O11P. The molecule has 2 aromatic carbocycles. The highest BCUT2D eigenvalue weighted by molar-refractivity contribution is 7.46. The number of phosphoric acid groups is 1. The number of carbonyl (C=O) groups is 1. The molecule has 5 rings (SSSR count). The maximum Gasteiger partial charge on any atom is 0.524 e. The number of cyclic esters (lactones) is 1. The Morgan fingerprint density at radius 3 is 2.29 bits per heavy atom. The Bertz CT molecular complexity index is 1180. The van der Waals surface area contributed by atoms with Crippen molar-refractivity contribution in [1.29, 1.82) is 0 Å². The summed E-state index contributed by atoms with van der Waals surface area (Å²) in [6.45, 7) is 0.0488. The second kappa shape index (κ2) is 8.26. The van der Waals surface area contributed by atoms with E-state index in [0.29, 0.717) is 40.4 Å². The van der Waals surface area contributed by atoms with Gasteiger partial charge in [0.1, 0.15) is 0 Å². The lowest BCUT2D eigenvalue weighted by molar-refractivity contribution is -0.141. The molecule has 3 aliphatic rings. The molecule has 1 aliphatic carbocycles. The first-order chi connectivity index (χ1) is 16.3. The number of fused-ring (bicyclic) bond motifs is 3. The Morgan fingerprint density at radius 2 is 1.68 bits per heavy atom. The molecule has 34 heavy (non-hydrogen) atoms. The fraction of sp³-hybridized carbons (Fsp3) is 0.409. The number of methoxy groups -OCH3 is 3. The standard InChI is InChI=1S/C22H23O11P/c1-27-14-5-10(6-15(28-2)20(14)29-3)17-12-7-16-21(32-9-31-16)19(33-34(24,25)26)13(12)4-11-8-30-22(23)18(11)17/h5-7,11,17-18H,4,8-9H2,1-3H3,(H2,24,25,26)/t11?,17-,18?/m1/s1. The molecule has 1 fully saturated rings. The third kappa shape index (κ3) is 3.60. The van der Waals surface area contributed by atoms with Crippen molar-refractivity contribution in [3.8, 4) is 34.5 Å². The summed E-state index contributed by atoms with van der Waals surface area (Å²) in [4.78, 5) is 32.0. The minimum Gasteiger partial charge on any atom is -0.493 e.